The second kappa shape index (κ2) is 12.4. The number of rotatable bonds is 10. The molecule has 1 atom stereocenters. The first-order valence-corrected chi connectivity index (χ1v) is 12.9. The van der Waals surface area contributed by atoms with Crippen LogP contribution in [0.5, 0.6) is 0 Å². The summed E-state index contributed by atoms with van der Waals surface area (Å²) in [6.07, 6.45) is 0.928. The predicted octanol–water partition coefficient (Wildman–Crippen LogP) is 4.72. The first-order valence-electron chi connectivity index (χ1n) is 12.9. The maximum Gasteiger partial charge on any atom is 0.280 e. The molecule has 5 aromatic rings. The molecule has 43 heavy (non-hydrogen) atoms. The molecule has 0 aliphatic carbocycles. The van der Waals surface area contributed by atoms with Crippen LogP contribution in [0.4, 0.5) is 29.1 Å². The van der Waals surface area contributed by atoms with Crippen molar-refractivity contribution in [1.29, 1.82) is 0 Å². The molecule has 0 saturated carbocycles. The average molecular weight is 596 g/mol. The zero-order chi connectivity index (χ0) is 30.7. The summed E-state index contributed by atoms with van der Waals surface area (Å²) in [5.74, 6) is -1.24. The van der Waals surface area contributed by atoms with Crippen molar-refractivity contribution >= 4 is 28.4 Å². The molecule has 5 rings (SSSR count). The third-order valence-corrected chi connectivity index (χ3v) is 6.76. The SMILES string of the molecule is COCCn1cc(-c2ccc(F)cc2)c(=O)c(C(=O)Nc2ccc(-c3cn(C(CF)C(F)F)c4ncnc(N)c34)cc2)n1. The number of nitrogens with zero attached hydrogens (tertiary/aromatic N) is 5. The fraction of sp³-hybridized carbons (Fsp3) is 0.207. The number of hydrogen-bond acceptors (Lipinski definition) is 7. The Morgan fingerprint density at radius 1 is 1.02 bits per heavy atom. The molecule has 3 N–H and O–H groups in total. The Morgan fingerprint density at radius 3 is 2.35 bits per heavy atom. The quantitative estimate of drug-likeness (QED) is 0.224. The van der Waals surface area contributed by atoms with Gasteiger partial charge in [-0.1, -0.05) is 24.3 Å². The molecule has 222 valence electrons. The first-order chi connectivity index (χ1) is 20.7. The molecule has 0 radical (unpaired) electrons. The monoisotopic (exact) mass is 595 g/mol. The van der Waals surface area contributed by atoms with Crippen molar-refractivity contribution in [3.8, 4) is 22.3 Å². The van der Waals surface area contributed by atoms with E-state index < -0.39 is 36.3 Å². The second-order valence-corrected chi connectivity index (χ2v) is 9.48. The van der Waals surface area contributed by atoms with Gasteiger partial charge in [-0.3, -0.25) is 14.3 Å². The summed E-state index contributed by atoms with van der Waals surface area (Å²) < 4.78 is 61.7. The van der Waals surface area contributed by atoms with Crippen molar-refractivity contribution in [2.45, 2.75) is 19.0 Å². The van der Waals surface area contributed by atoms with Crippen LogP contribution in [0.25, 0.3) is 33.3 Å². The number of hydrogen-bond donors (Lipinski definition) is 2. The lowest BCUT2D eigenvalue weighted by Crippen LogP contribution is -2.28. The van der Waals surface area contributed by atoms with Gasteiger partial charge in [0.15, 0.2) is 5.69 Å². The van der Waals surface area contributed by atoms with Crippen LogP contribution >= 0.6 is 0 Å². The smallest absolute Gasteiger partial charge is 0.280 e. The summed E-state index contributed by atoms with van der Waals surface area (Å²) in [6, 6.07) is 9.75. The summed E-state index contributed by atoms with van der Waals surface area (Å²) in [7, 11) is 1.50. The third-order valence-electron chi connectivity index (χ3n) is 6.76. The molecule has 10 nitrogen and oxygen atoms in total. The minimum atomic E-state index is -2.99. The fourth-order valence-electron chi connectivity index (χ4n) is 4.59. The minimum absolute atomic E-state index is 0.0277. The van der Waals surface area contributed by atoms with Gasteiger partial charge in [0, 0.05) is 36.3 Å². The maximum atomic E-state index is 13.6. The molecule has 0 bridgehead atoms. The number of halogens is 4. The number of fused-ring (bicyclic) bond motifs is 1. The van der Waals surface area contributed by atoms with E-state index in [1.807, 2.05) is 0 Å². The van der Waals surface area contributed by atoms with Gasteiger partial charge in [0.25, 0.3) is 12.3 Å². The molecule has 0 spiro atoms. The van der Waals surface area contributed by atoms with Crippen LogP contribution in [0.1, 0.15) is 16.5 Å². The number of ether oxygens (including phenoxy) is 1. The Labute approximate surface area is 241 Å². The predicted molar refractivity (Wildman–Crippen MR) is 152 cm³/mol. The standard InChI is InChI=1S/C29H25F4N7O3/c1-43-11-10-39-13-21(17-2-6-18(31)7-3-17)25(41)24(38-39)29(42)37-19-8-4-16(5-9-19)20-14-40(22(12-30)26(32)33)28-23(20)27(34)35-15-36-28/h2-9,13-15,22,26H,10-12H2,1H3,(H,37,42)(H2,34,35,36). The fourth-order valence-corrected chi connectivity index (χ4v) is 4.59. The van der Waals surface area contributed by atoms with Crippen molar-refractivity contribution in [2.75, 3.05) is 31.4 Å². The molecule has 0 saturated heterocycles. The summed E-state index contributed by atoms with van der Waals surface area (Å²) >= 11 is 0. The Bertz CT molecular complexity index is 1820. The molecule has 0 aliphatic rings. The van der Waals surface area contributed by atoms with Gasteiger partial charge in [-0.05, 0) is 35.4 Å². The van der Waals surface area contributed by atoms with E-state index in [1.165, 1.54) is 60.6 Å². The molecule has 1 amide bonds. The number of aromatic nitrogens is 5. The lowest BCUT2D eigenvalue weighted by Gasteiger charge is -2.14. The van der Waals surface area contributed by atoms with Crippen LogP contribution in [0.3, 0.4) is 0 Å². The Morgan fingerprint density at radius 2 is 1.70 bits per heavy atom. The van der Waals surface area contributed by atoms with Gasteiger partial charge < -0.3 is 20.4 Å². The molecule has 2 aromatic carbocycles. The number of nitrogen functional groups attached to an aromatic ring is 1. The van der Waals surface area contributed by atoms with E-state index >= 15 is 0 Å². The van der Waals surface area contributed by atoms with E-state index in [4.69, 9.17) is 10.5 Å². The Kier molecular flexibility index (Phi) is 8.48. The van der Waals surface area contributed by atoms with Crippen molar-refractivity contribution in [2.24, 2.45) is 0 Å². The number of nitrogens with one attached hydrogen (secondary N) is 1. The van der Waals surface area contributed by atoms with E-state index in [0.29, 0.717) is 22.4 Å². The molecule has 0 aliphatic heterocycles. The van der Waals surface area contributed by atoms with Crippen molar-refractivity contribution in [1.82, 2.24) is 24.3 Å². The summed E-state index contributed by atoms with van der Waals surface area (Å²) in [4.78, 5) is 34.5. The van der Waals surface area contributed by atoms with Crippen LogP contribution < -0.4 is 16.5 Å². The van der Waals surface area contributed by atoms with Crippen molar-refractivity contribution in [3.63, 3.8) is 0 Å². The van der Waals surface area contributed by atoms with E-state index in [0.717, 1.165) is 10.9 Å². The number of alkyl halides is 3. The zero-order valence-electron chi connectivity index (χ0n) is 22.7. The van der Waals surface area contributed by atoms with Gasteiger partial charge >= 0.3 is 0 Å². The zero-order valence-corrected chi connectivity index (χ0v) is 22.7. The van der Waals surface area contributed by atoms with Gasteiger partial charge in [0.2, 0.25) is 5.43 Å². The van der Waals surface area contributed by atoms with E-state index in [2.05, 4.69) is 20.4 Å². The molecular weight excluding hydrogens is 570 g/mol. The van der Waals surface area contributed by atoms with Gasteiger partial charge in [0.05, 0.1) is 18.5 Å². The van der Waals surface area contributed by atoms with Gasteiger partial charge in [-0.2, -0.15) is 5.10 Å². The maximum absolute atomic E-state index is 13.6. The van der Waals surface area contributed by atoms with E-state index in [-0.39, 0.29) is 41.3 Å². The van der Waals surface area contributed by atoms with Crippen LogP contribution in [0, 0.1) is 5.82 Å². The topological polar surface area (TPSA) is 130 Å². The van der Waals surface area contributed by atoms with Crippen LogP contribution in [-0.4, -0.2) is 57.0 Å². The number of nitrogens with two attached hydrogens (primary N) is 1. The normalized spacial score (nSPS) is 12.1. The highest BCUT2D eigenvalue weighted by molar-refractivity contribution is 6.04. The molecule has 3 aromatic heterocycles. The molecule has 0 fully saturated rings. The Balaban J connectivity index is 1.47. The lowest BCUT2D eigenvalue weighted by molar-refractivity contribution is 0.0705. The minimum Gasteiger partial charge on any atom is -0.383 e. The largest absolute Gasteiger partial charge is 0.383 e. The number of benzene rings is 2. The van der Waals surface area contributed by atoms with E-state index in [1.54, 1.807) is 12.1 Å². The summed E-state index contributed by atoms with van der Waals surface area (Å²) in [5, 5.41) is 7.09. The number of carbonyl (C=O) groups is 1. The Hall–Kier alpha value is -5.11. The number of anilines is 2. The molecule has 14 heteroatoms. The van der Waals surface area contributed by atoms with Gasteiger partial charge in [-0.15, -0.1) is 0 Å². The molecule has 3 heterocycles. The van der Waals surface area contributed by atoms with Gasteiger partial charge in [0.1, 0.15) is 36.3 Å². The van der Waals surface area contributed by atoms with Gasteiger partial charge in [-0.25, -0.2) is 27.5 Å². The van der Waals surface area contributed by atoms with Crippen LogP contribution in [-0.2, 0) is 11.3 Å². The molecule has 1 unspecified atom stereocenters. The number of amides is 1. The van der Waals surface area contributed by atoms with Crippen molar-refractivity contribution in [3.05, 3.63) is 89.0 Å². The average Bonchev–Trinajstić information content (AvgIpc) is 3.38. The number of methoxy groups -OCH3 is 1. The van der Waals surface area contributed by atoms with Crippen LogP contribution in [0.15, 0.2) is 72.0 Å². The van der Waals surface area contributed by atoms with Crippen LogP contribution in [0.2, 0.25) is 0 Å². The molecular formula is C29H25F4N7O3. The third kappa shape index (κ3) is 5.95. The highest BCUT2D eigenvalue weighted by Gasteiger charge is 2.27. The number of carbonyl (C=O) groups excluding carboxylic acids is 1. The highest BCUT2D eigenvalue weighted by atomic mass is 19.3. The van der Waals surface area contributed by atoms with E-state index in [9.17, 15) is 27.2 Å². The summed E-state index contributed by atoms with van der Waals surface area (Å²) in [5.41, 5.74) is 6.80. The second-order valence-electron chi connectivity index (χ2n) is 9.48. The lowest BCUT2D eigenvalue weighted by atomic mass is 10.1. The first kappa shape index (κ1) is 29.4. The van der Waals surface area contributed by atoms with Crippen molar-refractivity contribution < 1.29 is 27.1 Å². The summed E-state index contributed by atoms with van der Waals surface area (Å²) in [6.45, 7) is -0.814. The highest BCUT2D eigenvalue weighted by Crippen LogP contribution is 2.36.